The second-order valence-corrected chi connectivity index (χ2v) is 11.5. The standard InChI is InChI=1S/C24H33ClO5S/c1-22-8-6-18-16(5-4-14-10-15(26)11-19(27)23(14,18)2)17(22)7-9-24(22,20(28)12-25)30-21(29)13-31-3/h10,16-19,27H,4-9,11-13H2,1-3H3/t16-,17-,18-,19?,22-,23-,24-/m0/s1. The number of hydrogen-bond donors (Lipinski definition) is 1. The smallest absolute Gasteiger partial charge is 0.316 e. The van der Waals surface area contributed by atoms with Crippen LogP contribution in [0.5, 0.6) is 0 Å². The lowest BCUT2D eigenvalue weighted by atomic mass is 9.45. The summed E-state index contributed by atoms with van der Waals surface area (Å²) >= 11 is 7.43. The number of hydrogen-bond acceptors (Lipinski definition) is 6. The molecule has 7 heteroatoms. The molecule has 0 spiro atoms. The quantitative estimate of drug-likeness (QED) is 0.486. The highest BCUT2D eigenvalue weighted by Gasteiger charge is 2.69. The number of fused-ring (bicyclic) bond motifs is 5. The predicted octanol–water partition coefficient (Wildman–Crippen LogP) is 3.94. The van der Waals surface area contributed by atoms with E-state index in [4.69, 9.17) is 16.3 Å². The van der Waals surface area contributed by atoms with E-state index in [1.54, 1.807) is 6.08 Å². The summed E-state index contributed by atoms with van der Waals surface area (Å²) in [4.78, 5) is 37.8. The molecule has 4 aliphatic rings. The number of esters is 1. The van der Waals surface area contributed by atoms with Gasteiger partial charge in [0.1, 0.15) is 0 Å². The van der Waals surface area contributed by atoms with Crippen molar-refractivity contribution in [1.82, 2.24) is 0 Å². The summed E-state index contributed by atoms with van der Waals surface area (Å²) in [5.41, 5.74) is -0.917. The van der Waals surface area contributed by atoms with E-state index in [1.165, 1.54) is 11.8 Å². The van der Waals surface area contributed by atoms with Gasteiger partial charge in [0.2, 0.25) is 0 Å². The first-order chi connectivity index (χ1) is 14.6. The molecule has 3 fully saturated rings. The highest BCUT2D eigenvalue weighted by atomic mass is 35.5. The van der Waals surface area contributed by atoms with E-state index in [0.29, 0.717) is 12.3 Å². The zero-order chi connectivity index (χ0) is 22.6. The lowest BCUT2D eigenvalue weighted by molar-refractivity contribution is -0.188. The maximum atomic E-state index is 13.2. The van der Waals surface area contributed by atoms with E-state index in [9.17, 15) is 19.5 Å². The molecular weight excluding hydrogens is 436 g/mol. The van der Waals surface area contributed by atoms with E-state index < -0.39 is 22.5 Å². The van der Waals surface area contributed by atoms with Gasteiger partial charge in [0.25, 0.3) is 0 Å². The summed E-state index contributed by atoms with van der Waals surface area (Å²) in [6.45, 7) is 4.24. The van der Waals surface area contributed by atoms with Crippen LogP contribution in [0.2, 0.25) is 0 Å². The molecule has 1 N–H and O–H groups in total. The van der Waals surface area contributed by atoms with Crippen molar-refractivity contribution in [2.75, 3.05) is 17.9 Å². The Bertz CT molecular complexity index is 827. The molecule has 0 amide bonds. The lowest BCUT2D eigenvalue weighted by Crippen LogP contribution is -2.61. The van der Waals surface area contributed by atoms with Crippen LogP contribution in [-0.2, 0) is 19.1 Å². The Balaban J connectivity index is 1.70. The summed E-state index contributed by atoms with van der Waals surface area (Å²) in [6, 6.07) is 0. The van der Waals surface area contributed by atoms with Crippen molar-refractivity contribution < 1.29 is 24.2 Å². The van der Waals surface area contributed by atoms with Gasteiger partial charge in [-0.15, -0.1) is 11.6 Å². The molecule has 172 valence electrons. The first-order valence-corrected chi connectivity index (χ1v) is 13.3. The molecule has 0 heterocycles. The third-order valence-electron chi connectivity index (χ3n) is 9.31. The van der Waals surface area contributed by atoms with Crippen molar-refractivity contribution >= 4 is 40.9 Å². The Morgan fingerprint density at radius 3 is 2.61 bits per heavy atom. The van der Waals surface area contributed by atoms with E-state index >= 15 is 0 Å². The van der Waals surface area contributed by atoms with Gasteiger partial charge < -0.3 is 9.84 Å². The molecule has 0 radical (unpaired) electrons. The van der Waals surface area contributed by atoms with Crippen LogP contribution in [0.3, 0.4) is 0 Å². The predicted molar refractivity (Wildman–Crippen MR) is 121 cm³/mol. The highest BCUT2D eigenvalue weighted by Crippen LogP contribution is 2.68. The molecule has 3 saturated carbocycles. The molecule has 0 aliphatic heterocycles. The van der Waals surface area contributed by atoms with Gasteiger partial charge in [0, 0.05) is 17.3 Å². The van der Waals surface area contributed by atoms with E-state index in [-0.39, 0.29) is 47.4 Å². The number of alkyl halides is 1. The number of halogens is 1. The maximum Gasteiger partial charge on any atom is 0.316 e. The first-order valence-electron chi connectivity index (χ1n) is 11.4. The minimum atomic E-state index is -1.16. The lowest BCUT2D eigenvalue weighted by Gasteiger charge is -2.60. The molecule has 31 heavy (non-hydrogen) atoms. The summed E-state index contributed by atoms with van der Waals surface area (Å²) in [5, 5.41) is 11.0. The second kappa shape index (κ2) is 8.18. The van der Waals surface area contributed by atoms with Gasteiger partial charge >= 0.3 is 5.97 Å². The molecule has 7 atom stereocenters. The summed E-state index contributed by atoms with van der Waals surface area (Å²) in [6.07, 6.45) is 7.81. The van der Waals surface area contributed by atoms with Crippen LogP contribution in [0, 0.1) is 28.6 Å². The molecule has 4 rings (SSSR count). The monoisotopic (exact) mass is 468 g/mol. The van der Waals surface area contributed by atoms with Crippen LogP contribution in [0.4, 0.5) is 0 Å². The summed E-state index contributed by atoms with van der Waals surface area (Å²) < 4.78 is 6.01. The SMILES string of the molecule is CSCC(=O)O[C@]1(C(=O)CCl)CC[C@H]2[C@@H]3CCC4=CC(=O)CC(O)[C@]4(C)[C@H]3CC[C@@]21C. The van der Waals surface area contributed by atoms with Crippen molar-refractivity contribution in [2.45, 2.75) is 70.5 Å². The van der Waals surface area contributed by atoms with Crippen LogP contribution >= 0.6 is 23.4 Å². The maximum absolute atomic E-state index is 13.2. The Labute approximate surface area is 193 Å². The van der Waals surface area contributed by atoms with Gasteiger partial charge in [-0.2, -0.15) is 11.8 Å². The van der Waals surface area contributed by atoms with Crippen LogP contribution < -0.4 is 0 Å². The second-order valence-electron chi connectivity index (χ2n) is 10.3. The fourth-order valence-electron chi connectivity index (χ4n) is 7.74. The summed E-state index contributed by atoms with van der Waals surface area (Å²) in [7, 11) is 0. The van der Waals surface area contributed by atoms with Gasteiger partial charge in [-0.05, 0) is 68.6 Å². The largest absolute Gasteiger partial charge is 0.450 e. The number of rotatable bonds is 5. The summed E-state index contributed by atoms with van der Waals surface area (Å²) in [5.74, 6) is 0.363. The molecule has 0 aromatic rings. The number of carbonyl (C=O) groups excluding carboxylic acids is 3. The van der Waals surface area contributed by atoms with Gasteiger partial charge in [-0.3, -0.25) is 14.4 Å². The molecule has 0 bridgehead atoms. The van der Waals surface area contributed by atoms with Crippen LogP contribution in [0.25, 0.3) is 0 Å². The zero-order valence-electron chi connectivity index (χ0n) is 18.6. The van der Waals surface area contributed by atoms with Crippen molar-refractivity contribution in [1.29, 1.82) is 0 Å². The number of aliphatic hydroxyl groups is 1. The minimum Gasteiger partial charge on any atom is -0.450 e. The fraction of sp³-hybridized carbons (Fsp3) is 0.792. The number of aliphatic hydroxyl groups excluding tert-OH is 1. The van der Waals surface area contributed by atoms with E-state index in [0.717, 1.165) is 37.7 Å². The number of Topliss-reactive ketones (excluding diaryl/α,β-unsaturated/α-hetero) is 1. The first kappa shape index (κ1) is 23.3. The normalized spacial score (nSPS) is 44.0. The molecule has 0 saturated heterocycles. The highest BCUT2D eigenvalue weighted by molar-refractivity contribution is 7.99. The van der Waals surface area contributed by atoms with Crippen LogP contribution in [-0.4, -0.2) is 52.2 Å². The zero-order valence-corrected chi connectivity index (χ0v) is 20.2. The molecule has 0 aromatic heterocycles. The average molecular weight is 469 g/mol. The average Bonchev–Trinajstić information content (AvgIpc) is 3.02. The molecule has 0 aromatic carbocycles. The third-order valence-corrected chi connectivity index (χ3v) is 10.1. The van der Waals surface area contributed by atoms with Crippen molar-refractivity contribution in [3.05, 3.63) is 11.6 Å². The number of ketones is 2. The molecule has 5 nitrogen and oxygen atoms in total. The molecule has 4 aliphatic carbocycles. The van der Waals surface area contributed by atoms with E-state index in [1.807, 2.05) is 6.26 Å². The number of carbonyl (C=O) groups is 3. The molecular formula is C24H33ClO5S. The van der Waals surface area contributed by atoms with Gasteiger partial charge in [0.15, 0.2) is 17.2 Å². The topological polar surface area (TPSA) is 80.7 Å². The van der Waals surface area contributed by atoms with Gasteiger partial charge in [0.05, 0.1) is 17.7 Å². The molecule has 1 unspecified atom stereocenters. The fourth-order valence-corrected chi connectivity index (χ4v) is 8.25. The Hall–Kier alpha value is -0.850. The van der Waals surface area contributed by atoms with Gasteiger partial charge in [-0.1, -0.05) is 19.4 Å². The number of thioether (sulfide) groups is 1. The van der Waals surface area contributed by atoms with Gasteiger partial charge in [-0.25, -0.2) is 0 Å². The Kier molecular flexibility index (Phi) is 6.15. The van der Waals surface area contributed by atoms with Crippen molar-refractivity contribution in [3.8, 4) is 0 Å². The minimum absolute atomic E-state index is 0.0207. The van der Waals surface area contributed by atoms with Crippen molar-refractivity contribution in [2.24, 2.45) is 28.6 Å². The van der Waals surface area contributed by atoms with Crippen LogP contribution in [0.1, 0.15) is 58.8 Å². The number of ether oxygens (including phenoxy) is 1. The van der Waals surface area contributed by atoms with E-state index in [2.05, 4.69) is 13.8 Å². The Morgan fingerprint density at radius 1 is 1.23 bits per heavy atom. The third kappa shape index (κ3) is 3.26. The van der Waals surface area contributed by atoms with Crippen molar-refractivity contribution in [3.63, 3.8) is 0 Å². The Morgan fingerprint density at radius 2 is 1.94 bits per heavy atom. The van der Waals surface area contributed by atoms with Crippen LogP contribution in [0.15, 0.2) is 11.6 Å².